The number of carbonyl (C=O) groups is 1. The van der Waals surface area contributed by atoms with Crippen molar-refractivity contribution in [3.8, 4) is 0 Å². The summed E-state index contributed by atoms with van der Waals surface area (Å²) in [5.74, 6) is 1.16. The molecule has 29 heavy (non-hydrogen) atoms. The molecule has 15 heteroatoms. The van der Waals surface area contributed by atoms with Gasteiger partial charge in [0, 0.05) is 17.9 Å². The van der Waals surface area contributed by atoms with Crippen molar-refractivity contribution in [2.24, 2.45) is 0 Å². The van der Waals surface area contributed by atoms with Gasteiger partial charge in [-0.3, -0.25) is 9.88 Å². The summed E-state index contributed by atoms with van der Waals surface area (Å²) in [6.45, 7) is 0.156. The van der Waals surface area contributed by atoms with Gasteiger partial charge in [0.25, 0.3) is 5.09 Å². The number of aliphatic hydroxyl groups excluding tert-OH is 1. The van der Waals surface area contributed by atoms with E-state index in [9.17, 15) is 20.0 Å². The molecule has 158 valence electrons. The molecule has 2 aromatic heterocycles. The molecule has 1 saturated heterocycles. The third-order valence-corrected chi connectivity index (χ3v) is 6.04. The number of aliphatic hydroxyl groups is 1. The second-order valence-electron chi connectivity index (χ2n) is 5.63. The number of imidazole rings is 1. The molecule has 0 aliphatic carbocycles. The summed E-state index contributed by atoms with van der Waals surface area (Å²) < 4.78 is 12.2. The maximum Gasteiger partial charge on any atom is 0.412 e. The Morgan fingerprint density at radius 1 is 1.34 bits per heavy atom. The molecule has 0 bridgehead atoms. The van der Waals surface area contributed by atoms with Crippen molar-refractivity contribution >= 4 is 44.7 Å². The van der Waals surface area contributed by atoms with Crippen LogP contribution in [0.15, 0.2) is 12.7 Å². The van der Waals surface area contributed by atoms with E-state index in [0.717, 1.165) is 0 Å². The number of amides is 1. The van der Waals surface area contributed by atoms with Crippen LogP contribution in [0.5, 0.6) is 0 Å². The van der Waals surface area contributed by atoms with E-state index in [1.54, 1.807) is 4.57 Å². The topological polar surface area (TPSA) is 164 Å². The summed E-state index contributed by atoms with van der Waals surface area (Å²) >= 11 is 0. The highest BCUT2D eigenvalue weighted by atomic mass is 33.1. The van der Waals surface area contributed by atoms with Gasteiger partial charge in [-0.25, -0.2) is 19.7 Å². The summed E-state index contributed by atoms with van der Waals surface area (Å²) in [4.78, 5) is 38.6. The van der Waals surface area contributed by atoms with Crippen molar-refractivity contribution in [2.45, 2.75) is 25.4 Å². The molecule has 0 aromatic carbocycles. The molecule has 13 nitrogen and oxygen atoms in total. The number of nitrogens with zero attached hydrogens (tertiary/aromatic N) is 5. The maximum atomic E-state index is 12.0. The number of carbonyl (C=O) groups excluding carboxylic acids is 1. The largest absolute Gasteiger partial charge is 0.448 e. The van der Waals surface area contributed by atoms with Crippen molar-refractivity contribution in [3.63, 3.8) is 0 Å². The van der Waals surface area contributed by atoms with E-state index in [1.165, 1.54) is 34.2 Å². The van der Waals surface area contributed by atoms with Crippen LogP contribution in [-0.2, 0) is 14.3 Å². The zero-order valence-corrected chi connectivity index (χ0v) is 16.6. The molecule has 1 amide bonds. The first-order valence-corrected chi connectivity index (χ1v) is 11.0. The van der Waals surface area contributed by atoms with Gasteiger partial charge in [-0.15, -0.1) is 10.1 Å². The molecule has 0 spiro atoms. The number of nitrogens with one attached hydrogen (secondary N) is 1. The lowest BCUT2D eigenvalue weighted by Crippen LogP contribution is -2.16. The van der Waals surface area contributed by atoms with E-state index in [4.69, 9.17) is 9.47 Å². The van der Waals surface area contributed by atoms with Gasteiger partial charge in [0.15, 0.2) is 23.3 Å². The zero-order chi connectivity index (χ0) is 20.6. The normalized spacial score (nSPS) is 18.7. The molecule has 0 radical (unpaired) electrons. The first kappa shape index (κ1) is 21.4. The number of anilines is 1. The van der Waals surface area contributed by atoms with Gasteiger partial charge in [0.2, 0.25) is 0 Å². The lowest BCUT2D eigenvalue weighted by molar-refractivity contribution is -0.756. The minimum atomic E-state index is -0.837. The lowest BCUT2D eigenvalue weighted by atomic mass is 10.3. The van der Waals surface area contributed by atoms with Crippen LogP contribution < -0.4 is 5.32 Å². The molecule has 3 heterocycles. The number of ether oxygens (including phenoxy) is 2. The minimum absolute atomic E-state index is 0.00717. The van der Waals surface area contributed by atoms with Crippen LogP contribution in [0.25, 0.3) is 11.2 Å². The van der Waals surface area contributed by atoms with Crippen LogP contribution in [0.4, 0.5) is 10.6 Å². The van der Waals surface area contributed by atoms with Crippen LogP contribution in [0, 0.1) is 10.1 Å². The smallest absolute Gasteiger partial charge is 0.412 e. The van der Waals surface area contributed by atoms with Gasteiger partial charge in [-0.05, 0) is 6.42 Å². The summed E-state index contributed by atoms with van der Waals surface area (Å²) in [7, 11) is 2.79. The molecule has 1 aliphatic rings. The molecule has 0 saturated carbocycles. The fourth-order valence-electron chi connectivity index (χ4n) is 2.53. The molecule has 2 atom stereocenters. The average molecular weight is 446 g/mol. The molecule has 2 aromatic rings. The van der Waals surface area contributed by atoms with Gasteiger partial charge in [0.05, 0.1) is 6.33 Å². The van der Waals surface area contributed by atoms with Crippen LogP contribution in [0.1, 0.15) is 19.1 Å². The quantitative estimate of drug-likeness (QED) is 0.235. The van der Waals surface area contributed by atoms with E-state index in [2.05, 4.69) is 25.1 Å². The number of hydrogen-bond acceptors (Lipinski definition) is 12. The predicted molar refractivity (Wildman–Crippen MR) is 104 cm³/mol. The Bertz CT molecular complexity index is 853. The molecular weight excluding hydrogens is 428 g/mol. The van der Waals surface area contributed by atoms with Crippen LogP contribution in [0.3, 0.4) is 0 Å². The molecule has 3 rings (SSSR count). The van der Waals surface area contributed by atoms with Crippen molar-refractivity contribution in [1.82, 2.24) is 19.5 Å². The zero-order valence-electron chi connectivity index (χ0n) is 15.0. The van der Waals surface area contributed by atoms with Crippen LogP contribution in [-0.4, -0.2) is 66.8 Å². The molecule has 1 unspecified atom stereocenters. The van der Waals surface area contributed by atoms with Gasteiger partial charge in [-0.2, -0.15) is 0 Å². The van der Waals surface area contributed by atoms with E-state index in [-0.39, 0.29) is 25.3 Å². The molecule has 2 N–H and O–H groups in total. The summed E-state index contributed by atoms with van der Waals surface area (Å²) in [6.07, 6.45) is 2.07. The van der Waals surface area contributed by atoms with Crippen molar-refractivity contribution < 1.29 is 29.3 Å². The number of hydrogen-bond donors (Lipinski definition) is 2. The highest BCUT2D eigenvalue weighted by molar-refractivity contribution is 8.76. The Hall–Kier alpha value is -2.36. The third kappa shape index (κ3) is 6.06. The Morgan fingerprint density at radius 2 is 2.14 bits per heavy atom. The maximum absolute atomic E-state index is 12.0. The van der Waals surface area contributed by atoms with E-state index < -0.39 is 17.5 Å². The van der Waals surface area contributed by atoms with Crippen molar-refractivity contribution in [3.05, 3.63) is 22.8 Å². The van der Waals surface area contributed by atoms with Gasteiger partial charge in [0.1, 0.15) is 25.8 Å². The Morgan fingerprint density at radius 3 is 2.86 bits per heavy atom. The number of fused-ring (bicyclic) bond motifs is 1. The third-order valence-electron chi connectivity index (χ3n) is 3.71. The SMILES string of the molecule is O=C(Nc1ncnc2c1ncn2[C@H]1CCC(O)O1)OCCSSCCO[N+](=O)[O-]. The summed E-state index contributed by atoms with van der Waals surface area (Å²) in [6, 6.07) is 0. The Labute approximate surface area is 172 Å². The number of aromatic nitrogens is 4. The molecule has 1 fully saturated rings. The second-order valence-corrected chi connectivity index (χ2v) is 8.33. The summed E-state index contributed by atoms with van der Waals surface area (Å²) in [5, 5.41) is 21.2. The first-order valence-electron chi connectivity index (χ1n) is 8.51. The van der Waals surface area contributed by atoms with E-state index in [1.807, 2.05) is 0 Å². The van der Waals surface area contributed by atoms with Gasteiger partial charge >= 0.3 is 6.09 Å². The van der Waals surface area contributed by atoms with E-state index in [0.29, 0.717) is 35.5 Å². The fourth-order valence-corrected chi connectivity index (χ4v) is 4.17. The van der Waals surface area contributed by atoms with Crippen molar-refractivity contribution in [2.75, 3.05) is 30.0 Å². The molecular formula is C14H18N6O7S2. The van der Waals surface area contributed by atoms with Crippen molar-refractivity contribution in [1.29, 1.82) is 0 Å². The van der Waals surface area contributed by atoms with Gasteiger partial charge in [-0.1, -0.05) is 21.6 Å². The second kappa shape index (κ2) is 10.4. The minimum Gasteiger partial charge on any atom is -0.448 e. The van der Waals surface area contributed by atoms with Crippen LogP contribution in [0.2, 0.25) is 0 Å². The standard InChI is InChI=1S/C14H18N6O7S2/c21-10-2-1-9(27-10)19-8-17-11-12(15-7-16-13(11)19)18-14(22)25-3-5-28-29-6-4-26-20(23)24/h7-10,21H,1-6H2,(H,15,16,18,22)/t9-,10?/m1/s1. The first-order chi connectivity index (χ1) is 14.0. The Balaban J connectivity index is 1.44. The predicted octanol–water partition coefficient (Wildman–Crippen LogP) is 1.59. The summed E-state index contributed by atoms with van der Waals surface area (Å²) in [5.41, 5.74) is 0.850. The fraction of sp³-hybridized carbons (Fsp3) is 0.571. The highest BCUT2D eigenvalue weighted by Crippen LogP contribution is 2.30. The lowest BCUT2D eigenvalue weighted by Gasteiger charge is -2.12. The molecule has 1 aliphatic heterocycles. The van der Waals surface area contributed by atoms with Gasteiger partial charge < -0.3 is 19.4 Å². The van der Waals surface area contributed by atoms with Crippen LogP contribution >= 0.6 is 21.6 Å². The number of rotatable bonds is 10. The Kier molecular flexibility index (Phi) is 7.68. The monoisotopic (exact) mass is 446 g/mol. The van der Waals surface area contributed by atoms with E-state index >= 15 is 0 Å². The highest BCUT2D eigenvalue weighted by Gasteiger charge is 2.27. The average Bonchev–Trinajstić information content (AvgIpc) is 3.30.